The lowest BCUT2D eigenvalue weighted by molar-refractivity contribution is -0.129. The van der Waals surface area contributed by atoms with E-state index in [0.717, 1.165) is 11.6 Å². The maximum atomic E-state index is 14.7. The molecule has 2 aromatic carbocycles. The number of pyridine rings is 1. The number of aromatic nitrogens is 1. The Bertz CT molecular complexity index is 1230. The Morgan fingerprint density at radius 3 is 2.46 bits per heavy atom. The van der Waals surface area contributed by atoms with E-state index < -0.39 is 46.6 Å². The number of rotatable bonds is 11. The SMILES string of the molecule is CCOc1ccc(CNc2cc(C(SCCC(F)(F)F)c3c(F)ccc(F)c3F)c(Cl)cn2)cc1OC. The minimum absolute atomic E-state index is 0.0409. The van der Waals surface area contributed by atoms with Crippen molar-refractivity contribution in [3.05, 3.63) is 81.8 Å². The van der Waals surface area contributed by atoms with Crippen LogP contribution in [0.4, 0.5) is 32.2 Å². The first kappa shape index (κ1) is 28.8. The van der Waals surface area contributed by atoms with E-state index in [1.807, 2.05) is 6.92 Å². The molecule has 1 aromatic heterocycles. The van der Waals surface area contributed by atoms with Crippen molar-refractivity contribution in [1.82, 2.24) is 4.98 Å². The van der Waals surface area contributed by atoms with E-state index in [4.69, 9.17) is 21.1 Å². The summed E-state index contributed by atoms with van der Waals surface area (Å²) in [5.74, 6) is -3.13. The normalized spacial score (nSPS) is 12.4. The van der Waals surface area contributed by atoms with Gasteiger partial charge in [0.25, 0.3) is 0 Å². The van der Waals surface area contributed by atoms with E-state index in [9.17, 15) is 26.3 Å². The number of halogens is 7. The predicted molar refractivity (Wildman–Crippen MR) is 132 cm³/mol. The first-order valence-corrected chi connectivity index (χ1v) is 12.5. The van der Waals surface area contributed by atoms with Gasteiger partial charge in [0.15, 0.2) is 23.1 Å². The topological polar surface area (TPSA) is 43.4 Å². The van der Waals surface area contributed by atoms with Gasteiger partial charge >= 0.3 is 6.18 Å². The molecule has 200 valence electrons. The minimum Gasteiger partial charge on any atom is -0.493 e. The quantitative estimate of drug-likeness (QED) is 0.189. The monoisotopic (exact) mass is 564 g/mol. The summed E-state index contributed by atoms with van der Waals surface area (Å²) >= 11 is 6.87. The van der Waals surface area contributed by atoms with E-state index >= 15 is 0 Å². The van der Waals surface area contributed by atoms with Crippen LogP contribution in [-0.4, -0.2) is 30.6 Å². The average Bonchev–Trinajstić information content (AvgIpc) is 2.85. The van der Waals surface area contributed by atoms with Crippen molar-refractivity contribution in [2.45, 2.75) is 31.3 Å². The van der Waals surface area contributed by atoms with Crippen LogP contribution in [0.2, 0.25) is 5.02 Å². The molecule has 1 N–H and O–H groups in total. The molecule has 0 aliphatic rings. The Labute approximate surface area is 219 Å². The molecule has 0 saturated heterocycles. The number of hydrogen-bond acceptors (Lipinski definition) is 5. The second-order valence-corrected chi connectivity index (χ2v) is 9.36. The van der Waals surface area contributed by atoms with Crippen LogP contribution in [0.15, 0.2) is 42.6 Å². The highest BCUT2D eigenvalue weighted by Crippen LogP contribution is 2.43. The molecule has 0 saturated carbocycles. The fraction of sp³-hybridized carbons (Fsp3) is 0.320. The molecule has 0 spiro atoms. The predicted octanol–water partition coefficient (Wildman–Crippen LogP) is 7.95. The molecular weight excluding hydrogens is 542 g/mol. The molecule has 0 amide bonds. The van der Waals surface area contributed by atoms with Crippen LogP contribution < -0.4 is 14.8 Å². The van der Waals surface area contributed by atoms with Gasteiger partial charge in [-0.15, -0.1) is 11.8 Å². The Morgan fingerprint density at radius 1 is 1.05 bits per heavy atom. The molecule has 3 aromatic rings. The molecular formula is C25H23ClF6N2O2S. The van der Waals surface area contributed by atoms with Gasteiger partial charge in [-0.25, -0.2) is 18.2 Å². The van der Waals surface area contributed by atoms with Crippen molar-refractivity contribution in [3.8, 4) is 11.5 Å². The molecule has 0 bridgehead atoms. The third-order valence-electron chi connectivity index (χ3n) is 5.18. The van der Waals surface area contributed by atoms with E-state index in [1.165, 1.54) is 19.4 Å². The van der Waals surface area contributed by atoms with Crippen molar-refractivity contribution < 1.29 is 35.8 Å². The van der Waals surface area contributed by atoms with Gasteiger partial charge in [-0.3, -0.25) is 0 Å². The second-order valence-electron chi connectivity index (χ2n) is 7.74. The van der Waals surface area contributed by atoms with Gasteiger partial charge in [-0.1, -0.05) is 17.7 Å². The first-order valence-electron chi connectivity index (χ1n) is 11.0. The Hall–Kier alpha value is -2.79. The zero-order chi connectivity index (χ0) is 27.2. The molecule has 0 fully saturated rings. The molecule has 1 unspecified atom stereocenters. The summed E-state index contributed by atoms with van der Waals surface area (Å²) < 4.78 is 92.4. The minimum atomic E-state index is -4.48. The molecule has 37 heavy (non-hydrogen) atoms. The number of anilines is 1. The number of methoxy groups -OCH3 is 1. The highest BCUT2D eigenvalue weighted by atomic mass is 35.5. The smallest absolute Gasteiger partial charge is 0.389 e. The number of benzene rings is 2. The van der Waals surface area contributed by atoms with Crippen LogP contribution in [0.5, 0.6) is 11.5 Å². The zero-order valence-electron chi connectivity index (χ0n) is 19.8. The summed E-state index contributed by atoms with van der Waals surface area (Å²) in [6.45, 7) is 2.56. The van der Waals surface area contributed by atoms with Gasteiger partial charge in [0.1, 0.15) is 11.6 Å². The number of ether oxygens (including phenoxy) is 2. The van der Waals surface area contributed by atoms with Crippen LogP contribution in [-0.2, 0) is 6.54 Å². The van der Waals surface area contributed by atoms with Gasteiger partial charge in [0.05, 0.1) is 30.4 Å². The number of alkyl halides is 3. The van der Waals surface area contributed by atoms with Crippen LogP contribution in [0, 0.1) is 17.5 Å². The van der Waals surface area contributed by atoms with Crippen LogP contribution in [0.3, 0.4) is 0 Å². The van der Waals surface area contributed by atoms with E-state index in [0.29, 0.717) is 35.9 Å². The summed E-state index contributed by atoms with van der Waals surface area (Å²) in [5.41, 5.74) is 0.151. The molecule has 0 radical (unpaired) electrons. The maximum Gasteiger partial charge on any atom is 0.389 e. The summed E-state index contributed by atoms with van der Waals surface area (Å²) in [6, 6.07) is 8.00. The molecule has 0 aliphatic heterocycles. The summed E-state index contributed by atoms with van der Waals surface area (Å²) in [6.07, 6.45) is -4.48. The Balaban J connectivity index is 1.91. The Kier molecular flexibility index (Phi) is 9.83. The standard InChI is InChI=1S/C25H23ClF6N2O2S/c1-3-36-19-7-4-14(10-20(19)35-2)12-33-21-11-15(16(26)13-34-21)24(37-9-8-25(30,31)32)22-17(27)5-6-18(28)23(22)29/h4-7,10-11,13,24H,3,8-9,12H2,1-2H3,(H,33,34). The average molecular weight is 565 g/mol. The van der Waals surface area contributed by atoms with Crippen molar-refractivity contribution in [1.29, 1.82) is 0 Å². The van der Waals surface area contributed by atoms with Gasteiger partial charge < -0.3 is 14.8 Å². The number of nitrogens with one attached hydrogen (secondary N) is 1. The molecule has 12 heteroatoms. The zero-order valence-corrected chi connectivity index (χ0v) is 21.3. The van der Waals surface area contributed by atoms with Crippen molar-refractivity contribution in [2.24, 2.45) is 0 Å². The fourth-order valence-corrected chi connectivity index (χ4v) is 5.06. The van der Waals surface area contributed by atoms with E-state index in [1.54, 1.807) is 18.2 Å². The van der Waals surface area contributed by atoms with Crippen LogP contribution >= 0.6 is 23.4 Å². The van der Waals surface area contributed by atoms with E-state index in [-0.39, 0.29) is 22.9 Å². The summed E-state index contributed by atoms with van der Waals surface area (Å²) in [7, 11) is 1.50. The maximum absolute atomic E-state index is 14.7. The van der Waals surface area contributed by atoms with Crippen molar-refractivity contribution >= 4 is 29.2 Å². The van der Waals surface area contributed by atoms with Crippen LogP contribution in [0.25, 0.3) is 0 Å². The second kappa shape index (κ2) is 12.6. The lowest BCUT2D eigenvalue weighted by Crippen LogP contribution is -2.12. The lowest BCUT2D eigenvalue weighted by Gasteiger charge is -2.21. The van der Waals surface area contributed by atoms with E-state index in [2.05, 4.69) is 10.3 Å². The highest BCUT2D eigenvalue weighted by Gasteiger charge is 2.31. The molecule has 1 atom stereocenters. The Morgan fingerprint density at radius 2 is 1.78 bits per heavy atom. The first-order chi connectivity index (χ1) is 17.5. The highest BCUT2D eigenvalue weighted by molar-refractivity contribution is 7.99. The third-order valence-corrected chi connectivity index (χ3v) is 6.76. The van der Waals surface area contributed by atoms with Gasteiger partial charge in [-0.05, 0) is 48.4 Å². The number of thioether (sulfide) groups is 1. The molecule has 1 heterocycles. The van der Waals surface area contributed by atoms with Crippen LogP contribution in [0.1, 0.15) is 35.3 Å². The molecule has 4 nitrogen and oxygen atoms in total. The van der Waals surface area contributed by atoms with Gasteiger partial charge in [-0.2, -0.15) is 13.2 Å². The number of nitrogens with zero attached hydrogens (tertiary/aromatic N) is 1. The van der Waals surface area contributed by atoms with Gasteiger partial charge in [0, 0.05) is 24.1 Å². The van der Waals surface area contributed by atoms with Crippen molar-refractivity contribution in [3.63, 3.8) is 0 Å². The number of hydrogen-bond donors (Lipinski definition) is 1. The summed E-state index contributed by atoms with van der Waals surface area (Å²) in [5, 5.41) is 1.64. The fourth-order valence-electron chi connectivity index (χ4n) is 3.45. The largest absolute Gasteiger partial charge is 0.493 e. The van der Waals surface area contributed by atoms with Gasteiger partial charge in [0.2, 0.25) is 0 Å². The lowest BCUT2D eigenvalue weighted by atomic mass is 10.0. The van der Waals surface area contributed by atoms with Crippen molar-refractivity contribution in [2.75, 3.05) is 24.8 Å². The molecule has 3 rings (SSSR count). The summed E-state index contributed by atoms with van der Waals surface area (Å²) in [4.78, 5) is 4.15. The third kappa shape index (κ3) is 7.61. The molecule has 0 aliphatic carbocycles.